The van der Waals surface area contributed by atoms with Gasteiger partial charge in [0.1, 0.15) is 5.75 Å². The molecule has 0 aromatic heterocycles. The zero-order valence-electron chi connectivity index (χ0n) is 7.28. The standard InChI is InChI=1S/C10H10O3/c1-6-2-3-8-7(4-6)5-9(13-8)10(11)12/h2-4,9H,5H2,1H3,(H,11,12)/t9-/m0/s1. The molecule has 1 atom stereocenters. The van der Waals surface area contributed by atoms with Gasteiger partial charge >= 0.3 is 5.97 Å². The summed E-state index contributed by atoms with van der Waals surface area (Å²) in [6.07, 6.45) is -0.219. The maximum atomic E-state index is 10.6. The molecule has 0 fully saturated rings. The molecular formula is C10H10O3. The van der Waals surface area contributed by atoms with Gasteiger partial charge in [0.15, 0.2) is 6.10 Å². The van der Waals surface area contributed by atoms with Gasteiger partial charge in [0.25, 0.3) is 0 Å². The minimum absolute atomic E-state index is 0.479. The largest absolute Gasteiger partial charge is 0.478 e. The fraction of sp³-hybridized carbons (Fsp3) is 0.300. The van der Waals surface area contributed by atoms with Crippen LogP contribution in [0.2, 0.25) is 0 Å². The van der Waals surface area contributed by atoms with Gasteiger partial charge < -0.3 is 9.84 Å². The van der Waals surface area contributed by atoms with Crippen LogP contribution in [0.5, 0.6) is 5.75 Å². The van der Waals surface area contributed by atoms with Crippen LogP contribution in [0.1, 0.15) is 11.1 Å². The Morgan fingerprint density at radius 1 is 1.62 bits per heavy atom. The highest BCUT2D eigenvalue weighted by atomic mass is 16.5. The van der Waals surface area contributed by atoms with Crippen LogP contribution in [0.3, 0.4) is 0 Å². The molecule has 2 rings (SSSR count). The van der Waals surface area contributed by atoms with Crippen molar-refractivity contribution in [3.05, 3.63) is 29.3 Å². The van der Waals surface area contributed by atoms with Crippen molar-refractivity contribution in [2.45, 2.75) is 19.4 Å². The molecule has 0 bridgehead atoms. The minimum Gasteiger partial charge on any atom is -0.478 e. The number of hydrogen-bond donors (Lipinski definition) is 1. The molecule has 0 radical (unpaired) electrons. The van der Waals surface area contributed by atoms with Gasteiger partial charge in [-0.1, -0.05) is 17.7 Å². The first-order chi connectivity index (χ1) is 6.16. The van der Waals surface area contributed by atoms with Crippen LogP contribution in [0.15, 0.2) is 18.2 Å². The van der Waals surface area contributed by atoms with Crippen molar-refractivity contribution >= 4 is 5.97 Å². The molecule has 1 aliphatic heterocycles. The topological polar surface area (TPSA) is 46.5 Å². The maximum Gasteiger partial charge on any atom is 0.345 e. The fourth-order valence-corrected chi connectivity index (χ4v) is 1.52. The lowest BCUT2D eigenvalue weighted by Crippen LogP contribution is -2.24. The third-order valence-electron chi connectivity index (χ3n) is 2.17. The Kier molecular flexibility index (Phi) is 1.72. The molecule has 0 unspecified atom stereocenters. The summed E-state index contributed by atoms with van der Waals surface area (Å²) in [5.74, 6) is -0.188. The van der Waals surface area contributed by atoms with Crippen LogP contribution in [-0.4, -0.2) is 17.2 Å². The molecule has 0 aliphatic carbocycles. The first kappa shape index (κ1) is 8.10. The molecule has 1 heterocycles. The Bertz CT molecular complexity index is 357. The summed E-state index contributed by atoms with van der Waals surface area (Å²) in [5, 5.41) is 8.73. The normalized spacial score (nSPS) is 19.3. The van der Waals surface area contributed by atoms with Crippen molar-refractivity contribution in [2.24, 2.45) is 0 Å². The summed E-state index contributed by atoms with van der Waals surface area (Å²) in [5.41, 5.74) is 2.13. The lowest BCUT2D eigenvalue weighted by Gasteiger charge is -2.03. The van der Waals surface area contributed by atoms with E-state index < -0.39 is 12.1 Å². The number of ether oxygens (including phenoxy) is 1. The molecule has 0 amide bonds. The number of carbonyl (C=O) groups is 1. The molecule has 3 nitrogen and oxygen atoms in total. The molecule has 0 saturated heterocycles. The summed E-state index contributed by atoms with van der Waals surface area (Å²) < 4.78 is 5.22. The highest BCUT2D eigenvalue weighted by molar-refractivity contribution is 5.74. The average Bonchev–Trinajstić information content (AvgIpc) is 2.46. The summed E-state index contributed by atoms with van der Waals surface area (Å²) in [6, 6.07) is 5.72. The molecule has 0 spiro atoms. The number of fused-ring (bicyclic) bond motifs is 1. The number of rotatable bonds is 1. The number of aryl methyl sites for hydroxylation is 1. The van der Waals surface area contributed by atoms with Crippen LogP contribution in [-0.2, 0) is 11.2 Å². The van der Waals surface area contributed by atoms with E-state index in [4.69, 9.17) is 9.84 Å². The van der Waals surface area contributed by atoms with E-state index >= 15 is 0 Å². The van der Waals surface area contributed by atoms with Gasteiger partial charge in [0.05, 0.1) is 0 Å². The second kappa shape index (κ2) is 2.76. The zero-order valence-corrected chi connectivity index (χ0v) is 7.28. The van der Waals surface area contributed by atoms with E-state index in [1.54, 1.807) is 0 Å². The first-order valence-electron chi connectivity index (χ1n) is 4.16. The third kappa shape index (κ3) is 1.37. The summed E-state index contributed by atoms with van der Waals surface area (Å²) in [4.78, 5) is 10.6. The Balaban J connectivity index is 2.30. The Morgan fingerprint density at radius 3 is 3.08 bits per heavy atom. The van der Waals surface area contributed by atoms with Crippen LogP contribution in [0.25, 0.3) is 0 Å². The number of benzene rings is 1. The quantitative estimate of drug-likeness (QED) is 0.706. The van der Waals surface area contributed by atoms with Crippen molar-refractivity contribution in [1.29, 1.82) is 0 Å². The van der Waals surface area contributed by atoms with Crippen molar-refractivity contribution in [1.82, 2.24) is 0 Å². The smallest absolute Gasteiger partial charge is 0.345 e. The number of carboxylic acids is 1. The number of carboxylic acid groups (broad SMARTS) is 1. The summed E-state index contributed by atoms with van der Waals surface area (Å²) in [6.45, 7) is 1.98. The van der Waals surface area contributed by atoms with Crippen LogP contribution in [0.4, 0.5) is 0 Å². The molecule has 0 saturated carbocycles. The van der Waals surface area contributed by atoms with Gasteiger partial charge in [-0.2, -0.15) is 0 Å². The van der Waals surface area contributed by atoms with Crippen molar-refractivity contribution in [3.63, 3.8) is 0 Å². The number of hydrogen-bond acceptors (Lipinski definition) is 2. The number of aliphatic carboxylic acids is 1. The van der Waals surface area contributed by atoms with E-state index in [1.807, 2.05) is 25.1 Å². The van der Waals surface area contributed by atoms with E-state index in [0.29, 0.717) is 12.2 Å². The summed E-state index contributed by atoms with van der Waals surface area (Å²) in [7, 11) is 0. The molecule has 68 valence electrons. The SMILES string of the molecule is Cc1ccc2c(c1)C[C@@H](C(=O)O)O2. The van der Waals surface area contributed by atoms with Gasteiger partial charge in [-0.05, 0) is 18.6 Å². The minimum atomic E-state index is -0.895. The maximum absolute atomic E-state index is 10.6. The first-order valence-corrected chi connectivity index (χ1v) is 4.16. The monoisotopic (exact) mass is 178 g/mol. The van der Waals surface area contributed by atoms with E-state index in [1.165, 1.54) is 0 Å². The van der Waals surface area contributed by atoms with E-state index in [9.17, 15) is 4.79 Å². The lowest BCUT2D eigenvalue weighted by atomic mass is 10.1. The predicted octanol–water partition coefficient (Wildman–Crippen LogP) is 1.38. The van der Waals surface area contributed by atoms with Crippen LogP contribution < -0.4 is 4.74 Å². The van der Waals surface area contributed by atoms with Crippen molar-refractivity contribution < 1.29 is 14.6 Å². The molecule has 3 heteroatoms. The van der Waals surface area contributed by atoms with Gasteiger partial charge in [-0.3, -0.25) is 0 Å². The molecule has 13 heavy (non-hydrogen) atoms. The second-order valence-corrected chi connectivity index (χ2v) is 3.26. The predicted molar refractivity (Wildman–Crippen MR) is 46.9 cm³/mol. The molecule has 1 aliphatic rings. The van der Waals surface area contributed by atoms with Gasteiger partial charge in [0.2, 0.25) is 0 Å². The lowest BCUT2D eigenvalue weighted by molar-refractivity contribution is -0.144. The Morgan fingerprint density at radius 2 is 2.38 bits per heavy atom. The average molecular weight is 178 g/mol. The van der Waals surface area contributed by atoms with E-state index in [-0.39, 0.29) is 0 Å². The van der Waals surface area contributed by atoms with Crippen molar-refractivity contribution in [2.75, 3.05) is 0 Å². The van der Waals surface area contributed by atoms with Gasteiger partial charge in [0, 0.05) is 6.42 Å². The molecule has 1 aromatic rings. The molecule has 1 N–H and O–H groups in total. The van der Waals surface area contributed by atoms with E-state index in [0.717, 1.165) is 11.1 Å². The van der Waals surface area contributed by atoms with Gasteiger partial charge in [-0.15, -0.1) is 0 Å². The molecule has 1 aromatic carbocycles. The fourth-order valence-electron chi connectivity index (χ4n) is 1.52. The Hall–Kier alpha value is -1.51. The highest BCUT2D eigenvalue weighted by Gasteiger charge is 2.28. The second-order valence-electron chi connectivity index (χ2n) is 3.26. The highest BCUT2D eigenvalue weighted by Crippen LogP contribution is 2.29. The van der Waals surface area contributed by atoms with Gasteiger partial charge in [-0.25, -0.2) is 4.79 Å². The summed E-state index contributed by atoms with van der Waals surface area (Å²) >= 11 is 0. The van der Waals surface area contributed by atoms with Crippen LogP contribution >= 0.6 is 0 Å². The van der Waals surface area contributed by atoms with Crippen LogP contribution in [0, 0.1) is 6.92 Å². The third-order valence-corrected chi connectivity index (χ3v) is 2.17. The van der Waals surface area contributed by atoms with E-state index in [2.05, 4.69) is 0 Å². The Labute approximate surface area is 76.0 Å². The molecular weight excluding hydrogens is 168 g/mol. The van der Waals surface area contributed by atoms with Crippen molar-refractivity contribution in [3.8, 4) is 5.75 Å². The zero-order chi connectivity index (χ0) is 9.42.